The van der Waals surface area contributed by atoms with Crippen LogP contribution >= 0.6 is 0 Å². The SMILES string of the molecule is O=C(c1ccc(F)nc1)N1CCC(C(=O)O)(C(F)(F)F)C1. The number of aromatic nitrogens is 1. The summed E-state index contributed by atoms with van der Waals surface area (Å²) >= 11 is 0. The maximum Gasteiger partial charge on any atom is 0.406 e. The lowest BCUT2D eigenvalue weighted by Gasteiger charge is -2.27. The lowest BCUT2D eigenvalue weighted by atomic mass is 9.86. The summed E-state index contributed by atoms with van der Waals surface area (Å²) in [6.45, 7) is -1.32. The molecule has 21 heavy (non-hydrogen) atoms. The highest BCUT2D eigenvalue weighted by atomic mass is 19.4. The van der Waals surface area contributed by atoms with Crippen LogP contribution in [-0.4, -0.2) is 46.1 Å². The molecule has 2 rings (SSSR count). The number of carbonyl (C=O) groups excluding carboxylic acids is 1. The molecule has 5 nitrogen and oxygen atoms in total. The number of likely N-dealkylation sites (tertiary alicyclic amines) is 1. The fourth-order valence-electron chi connectivity index (χ4n) is 2.20. The molecule has 9 heteroatoms. The molecular weight excluding hydrogens is 296 g/mol. The van der Waals surface area contributed by atoms with Crippen molar-refractivity contribution in [3.8, 4) is 0 Å². The minimum Gasteiger partial charge on any atom is -0.481 e. The van der Waals surface area contributed by atoms with Crippen LogP contribution in [0.5, 0.6) is 0 Å². The van der Waals surface area contributed by atoms with Gasteiger partial charge in [0.25, 0.3) is 5.91 Å². The molecule has 1 aromatic heterocycles. The van der Waals surface area contributed by atoms with Gasteiger partial charge >= 0.3 is 12.1 Å². The van der Waals surface area contributed by atoms with E-state index in [-0.39, 0.29) is 12.1 Å². The molecule has 1 saturated heterocycles. The van der Waals surface area contributed by atoms with Crippen LogP contribution in [0.3, 0.4) is 0 Å². The first-order valence-electron chi connectivity index (χ1n) is 5.88. The summed E-state index contributed by atoms with van der Waals surface area (Å²) in [5, 5.41) is 8.89. The molecule has 1 fully saturated rings. The van der Waals surface area contributed by atoms with Gasteiger partial charge in [0.15, 0.2) is 5.41 Å². The quantitative estimate of drug-likeness (QED) is 0.667. The number of rotatable bonds is 2. The van der Waals surface area contributed by atoms with Gasteiger partial charge in [0.05, 0.1) is 5.56 Å². The molecule has 0 radical (unpaired) electrons. The Morgan fingerprint density at radius 1 is 1.33 bits per heavy atom. The number of pyridine rings is 1. The van der Waals surface area contributed by atoms with Crippen molar-refractivity contribution in [2.75, 3.05) is 13.1 Å². The van der Waals surface area contributed by atoms with Crippen molar-refractivity contribution in [3.63, 3.8) is 0 Å². The molecule has 1 unspecified atom stereocenters. The van der Waals surface area contributed by atoms with Gasteiger partial charge in [0, 0.05) is 19.3 Å². The molecule has 1 aliphatic heterocycles. The molecule has 1 aromatic rings. The highest BCUT2D eigenvalue weighted by molar-refractivity contribution is 5.94. The van der Waals surface area contributed by atoms with E-state index in [1.54, 1.807) is 0 Å². The van der Waals surface area contributed by atoms with E-state index in [2.05, 4.69) is 4.98 Å². The van der Waals surface area contributed by atoms with E-state index in [0.717, 1.165) is 23.2 Å². The second kappa shape index (κ2) is 4.97. The minimum atomic E-state index is -4.96. The normalized spacial score (nSPS) is 22.4. The third-order valence-corrected chi connectivity index (χ3v) is 3.48. The standard InChI is InChI=1S/C12H10F4N2O3/c13-8-2-1-7(5-17-8)9(19)18-4-3-11(6-18,10(20)21)12(14,15)16/h1-2,5H,3-4,6H2,(H,20,21). The van der Waals surface area contributed by atoms with Gasteiger partial charge in [-0.1, -0.05) is 0 Å². The first-order valence-corrected chi connectivity index (χ1v) is 5.88. The number of hydrogen-bond acceptors (Lipinski definition) is 3. The fourth-order valence-corrected chi connectivity index (χ4v) is 2.20. The summed E-state index contributed by atoms with van der Waals surface area (Å²) in [5.74, 6) is -3.65. The summed E-state index contributed by atoms with van der Waals surface area (Å²) in [7, 11) is 0. The zero-order valence-corrected chi connectivity index (χ0v) is 10.5. The summed E-state index contributed by atoms with van der Waals surface area (Å²) in [6.07, 6.45) is -4.78. The third-order valence-electron chi connectivity index (χ3n) is 3.48. The Bertz CT molecular complexity index is 573. The molecule has 0 spiro atoms. The third kappa shape index (κ3) is 2.55. The van der Waals surface area contributed by atoms with E-state index in [1.165, 1.54) is 0 Å². The molecule has 0 aliphatic carbocycles. The zero-order chi connectivity index (χ0) is 15.8. The molecule has 0 aromatic carbocycles. The predicted molar refractivity (Wildman–Crippen MR) is 60.8 cm³/mol. The number of hydrogen-bond donors (Lipinski definition) is 1. The molecular formula is C12H10F4N2O3. The molecule has 1 amide bonds. The second-order valence-electron chi connectivity index (χ2n) is 4.73. The first kappa shape index (κ1) is 15.2. The number of halogens is 4. The van der Waals surface area contributed by atoms with Crippen LogP contribution < -0.4 is 0 Å². The molecule has 0 bridgehead atoms. The van der Waals surface area contributed by atoms with Gasteiger partial charge in [0.2, 0.25) is 5.95 Å². The van der Waals surface area contributed by atoms with Crippen LogP contribution in [0, 0.1) is 11.4 Å². The first-order chi connectivity index (χ1) is 9.67. The number of aliphatic carboxylic acids is 1. The zero-order valence-electron chi connectivity index (χ0n) is 10.5. The van der Waals surface area contributed by atoms with Crippen LogP contribution in [0.25, 0.3) is 0 Å². The summed E-state index contributed by atoms with van der Waals surface area (Å²) in [4.78, 5) is 27.0. The lowest BCUT2D eigenvalue weighted by molar-refractivity contribution is -0.227. The largest absolute Gasteiger partial charge is 0.481 e. The van der Waals surface area contributed by atoms with Crippen LogP contribution in [0.4, 0.5) is 17.6 Å². The van der Waals surface area contributed by atoms with Crippen molar-refractivity contribution >= 4 is 11.9 Å². The van der Waals surface area contributed by atoms with Crippen LogP contribution in [0.1, 0.15) is 16.8 Å². The Morgan fingerprint density at radius 2 is 2.00 bits per heavy atom. The van der Waals surface area contributed by atoms with Crippen molar-refractivity contribution in [2.24, 2.45) is 5.41 Å². The van der Waals surface area contributed by atoms with Crippen molar-refractivity contribution in [2.45, 2.75) is 12.6 Å². The molecule has 2 heterocycles. The van der Waals surface area contributed by atoms with Crippen molar-refractivity contribution in [1.82, 2.24) is 9.88 Å². The maximum atomic E-state index is 13.0. The topological polar surface area (TPSA) is 70.5 Å². The number of nitrogens with zero attached hydrogens (tertiary/aromatic N) is 2. The summed E-state index contributed by atoms with van der Waals surface area (Å²) in [5.41, 5.74) is -3.06. The monoisotopic (exact) mass is 306 g/mol. The molecule has 114 valence electrons. The number of amides is 1. The van der Waals surface area contributed by atoms with Crippen molar-refractivity contribution < 1.29 is 32.3 Å². The molecule has 0 saturated carbocycles. The van der Waals surface area contributed by atoms with Gasteiger partial charge in [-0.2, -0.15) is 17.6 Å². The Kier molecular flexibility index (Phi) is 3.60. The minimum absolute atomic E-state index is 0.0974. The Hall–Kier alpha value is -2.19. The average molecular weight is 306 g/mol. The lowest BCUT2D eigenvalue weighted by Crippen LogP contribution is -2.47. The summed E-state index contributed by atoms with van der Waals surface area (Å²) < 4.78 is 51.6. The molecule has 1 aliphatic rings. The Balaban J connectivity index is 2.23. The van der Waals surface area contributed by atoms with Crippen molar-refractivity contribution in [1.29, 1.82) is 0 Å². The Morgan fingerprint density at radius 3 is 2.43 bits per heavy atom. The highest BCUT2D eigenvalue weighted by Crippen LogP contribution is 2.45. The van der Waals surface area contributed by atoms with Crippen LogP contribution in [0.15, 0.2) is 18.3 Å². The van der Waals surface area contributed by atoms with Gasteiger partial charge in [-0.25, -0.2) is 4.98 Å². The van der Waals surface area contributed by atoms with E-state index in [9.17, 15) is 27.2 Å². The number of carbonyl (C=O) groups is 2. The maximum absolute atomic E-state index is 13.0. The van der Waals surface area contributed by atoms with E-state index < -0.39 is 42.4 Å². The Labute approximate surface area is 116 Å². The molecule has 1 N–H and O–H groups in total. The number of carboxylic acid groups (broad SMARTS) is 1. The average Bonchev–Trinajstić information content (AvgIpc) is 2.84. The van der Waals surface area contributed by atoms with Gasteiger partial charge in [-0.3, -0.25) is 9.59 Å². The number of alkyl halides is 3. The number of carboxylic acids is 1. The van der Waals surface area contributed by atoms with Gasteiger partial charge in [-0.05, 0) is 18.6 Å². The van der Waals surface area contributed by atoms with E-state index >= 15 is 0 Å². The van der Waals surface area contributed by atoms with E-state index in [0.29, 0.717) is 0 Å². The van der Waals surface area contributed by atoms with E-state index in [1.807, 2.05) is 0 Å². The smallest absolute Gasteiger partial charge is 0.406 e. The van der Waals surface area contributed by atoms with Crippen molar-refractivity contribution in [3.05, 3.63) is 29.8 Å². The van der Waals surface area contributed by atoms with Crippen LogP contribution in [-0.2, 0) is 4.79 Å². The van der Waals surface area contributed by atoms with Crippen LogP contribution in [0.2, 0.25) is 0 Å². The van der Waals surface area contributed by atoms with Gasteiger partial charge < -0.3 is 10.0 Å². The summed E-state index contributed by atoms with van der Waals surface area (Å²) in [6, 6.07) is 1.98. The van der Waals surface area contributed by atoms with Gasteiger partial charge in [0.1, 0.15) is 0 Å². The predicted octanol–water partition coefficient (Wildman–Crippen LogP) is 1.70. The van der Waals surface area contributed by atoms with E-state index in [4.69, 9.17) is 5.11 Å². The highest BCUT2D eigenvalue weighted by Gasteiger charge is 2.64. The molecule has 1 atom stereocenters. The van der Waals surface area contributed by atoms with Gasteiger partial charge in [-0.15, -0.1) is 0 Å². The second-order valence-corrected chi connectivity index (χ2v) is 4.73. The fraction of sp³-hybridized carbons (Fsp3) is 0.417.